The van der Waals surface area contributed by atoms with Crippen LogP contribution in [-0.4, -0.2) is 41.4 Å². The lowest BCUT2D eigenvalue weighted by atomic mass is 9.94. The molecule has 5 rings (SSSR count). The van der Waals surface area contributed by atoms with Gasteiger partial charge in [0.1, 0.15) is 29.6 Å². The van der Waals surface area contributed by atoms with Crippen molar-refractivity contribution in [2.75, 3.05) is 26.2 Å². The molecule has 0 aromatic heterocycles. The molecule has 0 spiro atoms. The van der Waals surface area contributed by atoms with E-state index in [4.69, 9.17) is 9.47 Å². The van der Waals surface area contributed by atoms with Crippen LogP contribution in [-0.2, 0) is 5.60 Å². The minimum absolute atomic E-state index is 0. The van der Waals surface area contributed by atoms with Crippen molar-refractivity contribution in [3.05, 3.63) is 84.4 Å². The quantitative estimate of drug-likeness (QED) is 0.245. The Balaban J connectivity index is 0.00000336. The Morgan fingerprint density at radius 1 is 0.816 bits per heavy atom. The fraction of sp³-hybridized carbons (Fsp3) is 0.312. The third-order valence-electron chi connectivity index (χ3n) is 7.02. The van der Waals surface area contributed by atoms with E-state index in [0.717, 1.165) is 39.8 Å². The summed E-state index contributed by atoms with van der Waals surface area (Å²) in [5, 5.41) is 22.2. The van der Waals surface area contributed by atoms with Gasteiger partial charge in [-0.2, -0.15) is 0 Å². The second kappa shape index (κ2) is 12.1. The van der Waals surface area contributed by atoms with Gasteiger partial charge in [-0.05, 0) is 105 Å². The largest absolute Gasteiger partial charge is 0.508 e. The molecule has 200 valence electrons. The SMILES string of the molecule is CC(C)(O)c1ccc(-c2ccc3cc(O)ccc3c2Oc2ccc(OCCN3CCCCC3)cc2)cc1.Cl. The van der Waals surface area contributed by atoms with Crippen molar-refractivity contribution in [3.8, 4) is 34.1 Å². The Morgan fingerprint density at radius 2 is 1.50 bits per heavy atom. The van der Waals surface area contributed by atoms with Gasteiger partial charge in [-0.3, -0.25) is 4.90 Å². The van der Waals surface area contributed by atoms with Crippen LogP contribution in [0.2, 0.25) is 0 Å². The summed E-state index contributed by atoms with van der Waals surface area (Å²) in [6.07, 6.45) is 3.90. The number of ether oxygens (including phenoxy) is 2. The molecule has 0 atom stereocenters. The number of fused-ring (bicyclic) bond motifs is 1. The first-order chi connectivity index (χ1) is 17.9. The standard InChI is InChI=1S/C32H35NO4.ClH/c1-32(2,35)25-9-6-23(7-10-25)29-16-8-24-22-26(34)11-17-30(24)31(29)37-28-14-12-27(13-15-28)36-21-20-33-18-4-3-5-19-33;/h6-17,22,34-35H,3-5,18-21H2,1-2H3;1H. The van der Waals surface area contributed by atoms with Gasteiger partial charge < -0.3 is 19.7 Å². The van der Waals surface area contributed by atoms with Gasteiger partial charge in [0.05, 0.1) is 5.60 Å². The number of nitrogens with zero attached hydrogens (tertiary/aromatic N) is 1. The fourth-order valence-corrected chi connectivity index (χ4v) is 4.88. The summed E-state index contributed by atoms with van der Waals surface area (Å²) >= 11 is 0. The lowest BCUT2D eigenvalue weighted by molar-refractivity contribution is 0.0786. The van der Waals surface area contributed by atoms with Crippen molar-refractivity contribution >= 4 is 23.2 Å². The zero-order valence-electron chi connectivity index (χ0n) is 22.0. The zero-order chi connectivity index (χ0) is 25.8. The summed E-state index contributed by atoms with van der Waals surface area (Å²) in [6.45, 7) is 7.53. The van der Waals surface area contributed by atoms with Crippen molar-refractivity contribution < 1.29 is 19.7 Å². The van der Waals surface area contributed by atoms with Crippen LogP contribution in [0.3, 0.4) is 0 Å². The number of halogens is 1. The van der Waals surface area contributed by atoms with E-state index < -0.39 is 5.60 Å². The maximum absolute atomic E-state index is 10.3. The van der Waals surface area contributed by atoms with Gasteiger partial charge in [0, 0.05) is 17.5 Å². The summed E-state index contributed by atoms with van der Waals surface area (Å²) in [5.74, 6) is 2.46. The van der Waals surface area contributed by atoms with Gasteiger partial charge in [-0.1, -0.05) is 36.8 Å². The van der Waals surface area contributed by atoms with E-state index >= 15 is 0 Å². The van der Waals surface area contributed by atoms with E-state index in [9.17, 15) is 10.2 Å². The Morgan fingerprint density at radius 3 is 2.18 bits per heavy atom. The molecule has 1 heterocycles. The normalized spacial score (nSPS) is 14.2. The fourth-order valence-electron chi connectivity index (χ4n) is 4.88. The molecule has 4 aromatic carbocycles. The first kappa shape index (κ1) is 27.8. The van der Waals surface area contributed by atoms with E-state index in [1.54, 1.807) is 26.0 Å². The average molecular weight is 534 g/mol. The van der Waals surface area contributed by atoms with Crippen molar-refractivity contribution in [2.45, 2.75) is 38.7 Å². The van der Waals surface area contributed by atoms with Crippen LogP contribution < -0.4 is 9.47 Å². The number of phenols is 1. The Labute approximate surface area is 231 Å². The number of piperidine rings is 1. The second-order valence-corrected chi connectivity index (χ2v) is 10.3. The molecule has 0 unspecified atom stereocenters. The molecule has 1 saturated heterocycles. The molecular weight excluding hydrogens is 498 g/mol. The molecule has 5 nitrogen and oxygen atoms in total. The van der Waals surface area contributed by atoms with E-state index in [-0.39, 0.29) is 18.2 Å². The number of aromatic hydroxyl groups is 1. The van der Waals surface area contributed by atoms with Gasteiger partial charge >= 0.3 is 0 Å². The molecule has 1 aliphatic rings. The van der Waals surface area contributed by atoms with Crippen LogP contribution in [0.25, 0.3) is 21.9 Å². The third-order valence-corrected chi connectivity index (χ3v) is 7.02. The van der Waals surface area contributed by atoms with E-state index in [0.29, 0.717) is 18.1 Å². The highest BCUT2D eigenvalue weighted by Crippen LogP contribution is 2.41. The predicted molar refractivity (Wildman–Crippen MR) is 156 cm³/mol. The number of likely N-dealkylation sites (tertiary alicyclic amines) is 1. The number of phenolic OH excluding ortho intramolecular Hbond substituents is 1. The van der Waals surface area contributed by atoms with Crippen molar-refractivity contribution in [2.24, 2.45) is 0 Å². The summed E-state index contributed by atoms with van der Waals surface area (Å²) in [7, 11) is 0. The zero-order valence-corrected chi connectivity index (χ0v) is 22.8. The molecule has 2 N–H and O–H groups in total. The van der Waals surface area contributed by atoms with Crippen LogP contribution in [0.5, 0.6) is 23.0 Å². The molecular formula is C32H36ClNO4. The third kappa shape index (κ3) is 6.60. The molecule has 0 saturated carbocycles. The molecule has 0 bridgehead atoms. The Hall–Kier alpha value is -3.25. The highest BCUT2D eigenvalue weighted by Gasteiger charge is 2.17. The second-order valence-electron chi connectivity index (χ2n) is 10.3. The number of aliphatic hydroxyl groups is 1. The minimum atomic E-state index is -0.906. The van der Waals surface area contributed by atoms with Crippen LogP contribution in [0.1, 0.15) is 38.7 Å². The Kier molecular flexibility index (Phi) is 8.83. The molecule has 0 radical (unpaired) electrons. The van der Waals surface area contributed by atoms with Crippen molar-refractivity contribution in [1.29, 1.82) is 0 Å². The monoisotopic (exact) mass is 533 g/mol. The maximum Gasteiger partial charge on any atom is 0.143 e. The van der Waals surface area contributed by atoms with E-state index in [1.807, 2.05) is 66.7 Å². The summed E-state index contributed by atoms with van der Waals surface area (Å²) in [5.41, 5.74) is 1.86. The van der Waals surface area contributed by atoms with Crippen LogP contribution >= 0.6 is 12.4 Å². The molecule has 1 aliphatic heterocycles. The Bertz CT molecular complexity index is 1340. The highest BCUT2D eigenvalue weighted by molar-refractivity contribution is 5.96. The molecule has 1 fully saturated rings. The molecule has 6 heteroatoms. The van der Waals surface area contributed by atoms with Crippen LogP contribution in [0.15, 0.2) is 78.9 Å². The molecule has 0 aliphatic carbocycles. The van der Waals surface area contributed by atoms with Crippen molar-refractivity contribution in [3.63, 3.8) is 0 Å². The lowest BCUT2D eigenvalue weighted by Gasteiger charge is -2.26. The molecule has 0 amide bonds. The van der Waals surface area contributed by atoms with Crippen LogP contribution in [0.4, 0.5) is 0 Å². The summed E-state index contributed by atoms with van der Waals surface area (Å²) in [4.78, 5) is 2.47. The number of hydrogen-bond acceptors (Lipinski definition) is 5. The summed E-state index contributed by atoms with van der Waals surface area (Å²) in [6, 6.07) is 24.9. The summed E-state index contributed by atoms with van der Waals surface area (Å²) < 4.78 is 12.5. The minimum Gasteiger partial charge on any atom is -0.508 e. The van der Waals surface area contributed by atoms with Crippen LogP contribution in [0, 0.1) is 0 Å². The van der Waals surface area contributed by atoms with E-state index in [1.165, 1.54) is 32.4 Å². The number of rotatable bonds is 8. The van der Waals surface area contributed by atoms with Gasteiger partial charge in [0.15, 0.2) is 0 Å². The van der Waals surface area contributed by atoms with Crippen molar-refractivity contribution in [1.82, 2.24) is 4.90 Å². The number of benzene rings is 4. The topological polar surface area (TPSA) is 62.2 Å². The molecule has 38 heavy (non-hydrogen) atoms. The van der Waals surface area contributed by atoms with Gasteiger partial charge in [0.2, 0.25) is 0 Å². The predicted octanol–water partition coefficient (Wildman–Crippen LogP) is 7.52. The average Bonchev–Trinajstić information content (AvgIpc) is 2.90. The van der Waals surface area contributed by atoms with Gasteiger partial charge in [-0.15, -0.1) is 12.4 Å². The lowest BCUT2D eigenvalue weighted by Crippen LogP contribution is -2.33. The first-order valence-electron chi connectivity index (χ1n) is 13.1. The molecule has 4 aromatic rings. The smallest absolute Gasteiger partial charge is 0.143 e. The highest BCUT2D eigenvalue weighted by atomic mass is 35.5. The van der Waals surface area contributed by atoms with E-state index in [2.05, 4.69) is 4.90 Å². The first-order valence-corrected chi connectivity index (χ1v) is 13.1. The number of hydrogen-bond donors (Lipinski definition) is 2. The van der Waals surface area contributed by atoms with Gasteiger partial charge in [-0.25, -0.2) is 0 Å². The van der Waals surface area contributed by atoms with Gasteiger partial charge in [0.25, 0.3) is 0 Å². The maximum atomic E-state index is 10.3.